The van der Waals surface area contributed by atoms with Crippen molar-refractivity contribution >= 4 is 27.3 Å². The van der Waals surface area contributed by atoms with E-state index in [9.17, 15) is 10.1 Å². The fraction of sp³-hybridized carbons (Fsp3) is 0.571. The molecular formula is C14H19BrN2O3. The van der Waals surface area contributed by atoms with Crippen molar-refractivity contribution in [3.05, 3.63) is 32.3 Å². The van der Waals surface area contributed by atoms with E-state index < -0.39 is 0 Å². The number of anilines is 1. The number of aliphatic hydroxyl groups is 1. The van der Waals surface area contributed by atoms with Crippen LogP contribution in [-0.2, 0) is 0 Å². The van der Waals surface area contributed by atoms with Crippen LogP contribution < -0.4 is 4.90 Å². The van der Waals surface area contributed by atoms with Crippen molar-refractivity contribution in [3.63, 3.8) is 0 Å². The summed E-state index contributed by atoms with van der Waals surface area (Å²) in [5.41, 5.74) is 1.80. The van der Waals surface area contributed by atoms with Crippen LogP contribution in [0.25, 0.3) is 0 Å². The Morgan fingerprint density at radius 1 is 1.50 bits per heavy atom. The third-order valence-corrected chi connectivity index (χ3v) is 4.48. The van der Waals surface area contributed by atoms with E-state index in [2.05, 4.69) is 20.8 Å². The Morgan fingerprint density at radius 3 is 2.70 bits per heavy atom. The minimum Gasteiger partial charge on any atom is -0.396 e. The van der Waals surface area contributed by atoms with Crippen LogP contribution in [0.4, 0.5) is 11.4 Å². The number of aryl methyl sites for hydroxylation is 1. The number of benzene rings is 1. The Kier molecular flexibility index (Phi) is 4.99. The van der Waals surface area contributed by atoms with Gasteiger partial charge in [-0.15, -0.1) is 0 Å². The molecular weight excluding hydrogens is 324 g/mol. The number of hydrogen-bond acceptors (Lipinski definition) is 4. The van der Waals surface area contributed by atoms with Crippen molar-refractivity contribution in [3.8, 4) is 0 Å². The van der Waals surface area contributed by atoms with Crippen LogP contribution in [0.5, 0.6) is 0 Å². The van der Waals surface area contributed by atoms with E-state index in [1.165, 1.54) is 6.42 Å². The van der Waals surface area contributed by atoms with Crippen LogP contribution in [0.3, 0.4) is 0 Å². The summed E-state index contributed by atoms with van der Waals surface area (Å²) in [6, 6.07) is 3.94. The summed E-state index contributed by atoms with van der Waals surface area (Å²) in [5, 5.41) is 20.0. The van der Waals surface area contributed by atoms with Gasteiger partial charge in [0.05, 0.1) is 10.6 Å². The van der Waals surface area contributed by atoms with E-state index in [-0.39, 0.29) is 17.2 Å². The molecule has 1 aromatic carbocycles. The average molecular weight is 343 g/mol. The zero-order valence-electron chi connectivity index (χ0n) is 11.5. The van der Waals surface area contributed by atoms with Crippen molar-refractivity contribution in [1.29, 1.82) is 0 Å². The number of rotatable bonds is 6. The Hall–Kier alpha value is -1.14. The molecule has 2 rings (SSSR count). The Morgan fingerprint density at radius 2 is 2.20 bits per heavy atom. The molecule has 5 nitrogen and oxygen atoms in total. The SMILES string of the molecule is Cc1cc(N(CCCO)C2CCC2)c(Br)cc1[N+](=O)[O-]. The maximum Gasteiger partial charge on any atom is 0.273 e. The van der Waals surface area contributed by atoms with E-state index in [0.717, 1.165) is 29.5 Å². The standard InChI is InChI=1S/C14H19BrN2O3/c1-10-8-14(12(15)9-13(10)17(19)20)16(6-3-7-18)11-4-2-5-11/h8-9,11,18H,2-7H2,1H3. The van der Waals surface area contributed by atoms with Gasteiger partial charge in [0.2, 0.25) is 0 Å². The predicted molar refractivity (Wildman–Crippen MR) is 82.2 cm³/mol. The highest BCUT2D eigenvalue weighted by Crippen LogP contribution is 2.37. The summed E-state index contributed by atoms with van der Waals surface area (Å²) in [6.45, 7) is 2.70. The summed E-state index contributed by atoms with van der Waals surface area (Å²) < 4.78 is 0.750. The van der Waals surface area contributed by atoms with Gasteiger partial charge in [-0.2, -0.15) is 0 Å². The van der Waals surface area contributed by atoms with Gasteiger partial charge in [-0.1, -0.05) is 0 Å². The number of halogens is 1. The lowest BCUT2D eigenvalue weighted by Crippen LogP contribution is -2.41. The molecule has 0 radical (unpaired) electrons. The maximum absolute atomic E-state index is 11.0. The van der Waals surface area contributed by atoms with E-state index in [1.54, 1.807) is 13.0 Å². The molecule has 1 aromatic rings. The highest BCUT2D eigenvalue weighted by molar-refractivity contribution is 9.10. The van der Waals surface area contributed by atoms with Gasteiger partial charge < -0.3 is 10.0 Å². The van der Waals surface area contributed by atoms with Crippen LogP contribution in [0.2, 0.25) is 0 Å². The first-order valence-corrected chi connectivity index (χ1v) is 7.66. The summed E-state index contributed by atoms with van der Waals surface area (Å²) >= 11 is 3.46. The van der Waals surface area contributed by atoms with Crippen molar-refractivity contribution in [1.82, 2.24) is 0 Å². The molecule has 0 heterocycles. The highest BCUT2D eigenvalue weighted by Gasteiger charge is 2.27. The number of nitro benzene ring substituents is 1. The molecule has 1 N–H and O–H groups in total. The summed E-state index contributed by atoms with van der Waals surface area (Å²) in [6.07, 6.45) is 4.23. The van der Waals surface area contributed by atoms with Gasteiger partial charge in [0.1, 0.15) is 0 Å². The number of aliphatic hydroxyl groups excluding tert-OH is 1. The van der Waals surface area contributed by atoms with Crippen molar-refractivity contribution in [2.45, 2.75) is 38.6 Å². The second kappa shape index (κ2) is 6.54. The van der Waals surface area contributed by atoms with Crippen molar-refractivity contribution < 1.29 is 10.0 Å². The number of nitrogens with zero attached hydrogens (tertiary/aromatic N) is 2. The molecule has 0 aliphatic heterocycles. The fourth-order valence-electron chi connectivity index (χ4n) is 2.51. The van der Waals surface area contributed by atoms with Crippen LogP contribution in [-0.4, -0.2) is 29.2 Å². The zero-order valence-corrected chi connectivity index (χ0v) is 13.1. The van der Waals surface area contributed by atoms with Gasteiger partial charge >= 0.3 is 0 Å². The van der Waals surface area contributed by atoms with Gasteiger partial charge in [-0.3, -0.25) is 10.1 Å². The molecule has 1 saturated carbocycles. The predicted octanol–water partition coefficient (Wildman–Crippen LogP) is 3.41. The van der Waals surface area contributed by atoms with Crippen LogP contribution in [0, 0.1) is 17.0 Å². The molecule has 1 fully saturated rings. The lowest BCUT2D eigenvalue weighted by atomic mass is 9.90. The second-order valence-electron chi connectivity index (χ2n) is 5.20. The molecule has 1 aliphatic carbocycles. The smallest absolute Gasteiger partial charge is 0.273 e. The first-order chi connectivity index (χ1) is 9.54. The van der Waals surface area contributed by atoms with E-state index >= 15 is 0 Å². The Labute approximate surface area is 126 Å². The normalized spacial score (nSPS) is 14.9. The molecule has 6 heteroatoms. The van der Waals surface area contributed by atoms with Gasteiger partial charge in [0, 0.05) is 35.3 Å². The Balaban J connectivity index is 2.32. The van der Waals surface area contributed by atoms with Crippen molar-refractivity contribution in [2.75, 3.05) is 18.1 Å². The first kappa shape index (κ1) is 15.3. The van der Waals surface area contributed by atoms with Gasteiger partial charge in [-0.05, 0) is 54.6 Å². The largest absolute Gasteiger partial charge is 0.396 e. The molecule has 0 atom stereocenters. The molecule has 0 amide bonds. The Bertz CT molecular complexity index is 503. The summed E-state index contributed by atoms with van der Waals surface area (Å²) in [5.74, 6) is 0. The number of nitro groups is 1. The van der Waals surface area contributed by atoms with Crippen LogP contribution in [0.1, 0.15) is 31.2 Å². The van der Waals surface area contributed by atoms with Crippen LogP contribution in [0.15, 0.2) is 16.6 Å². The second-order valence-corrected chi connectivity index (χ2v) is 6.06. The summed E-state index contributed by atoms with van der Waals surface area (Å²) in [7, 11) is 0. The third-order valence-electron chi connectivity index (χ3n) is 3.84. The van der Waals surface area contributed by atoms with Gasteiger partial charge in [0.25, 0.3) is 5.69 Å². The minimum absolute atomic E-state index is 0.136. The summed E-state index contributed by atoms with van der Waals surface area (Å²) in [4.78, 5) is 12.9. The maximum atomic E-state index is 11.0. The highest BCUT2D eigenvalue weighted by atomic mass is 79.9. The molecule has 1 aliphatic rings. The van der Waals surface area contributed by atoms with Crippen molar-refractivity contribution in [2.24, 2.45) is 0 Å². The molecule has 0 aromatic heterocycles. The van der Waals surface area contributed by atoms with E-state index in [4.69, 9.17) is 5.11 Å². The molecule has 0 unspecified atom stereocenters. The molecule has 20 heavy (non-hydrogen) atoms. The molecule has 110 valence electrons. The molecule has 0 bridgehead atoms. The molecule has 0 spiro atoms. The molecule has 0 saturated heterocycles. The minimum atomic E-state index is -0.356. The lowest BCUT2D eigenvalue weighted by molar-refractivity contribution is -0.385. The fourth-order valence-corrected chi connectivity index (χ4v) is 3.07. The topological polar surface area (TPSA) is 66.6 Å². The quantitative estimate of drug-likeness (QED) is 0.635. The monoisotopic (exact) mass is 342 g/mol. The van der Waals surface area contributed by atoms with E-state index in [1.807, 2.05) is 6.07 Å². The third kappa shape index (κ3) is 3.12. The van der Waals surface area contributed by atoms with Gasteiger partial charge in [0.15, 0.2) is 0 Å². The average Bonchev–Trinajstić information content (AvgIpc) is 2.34. The van der Waals surface area contributed by atoms with Crippen LogP contribution >= 0.6 is 15.9 Å². The van der Waals surface area contributed by atoms with Gasteiger partial charge in [-0.25, -0.2) is 0 Å². The zero-order chi connectivity index (χ0) is 14.7. The first-order valence-electron chi connectivity index (χ1n) is 6.86. The number of hydrogen-bond donors (Lipinski definition) is 1. The lowest BCUT2D eigenvalue weighted by Gasteiger charge is -2.40. The van der Waals surface area contributed by atoms with E-state index in [0.29, 0.717) is 18.0 Å².